The van der Waals surface area contributed by atoms with E-state index in [9.17, 15) is 5.11 Å². The van der Waals surface area contributed by atoms with Gasteiger partial charge in [-0.3, -0.25) is 0 Å². The lowest BCUT2D eigenvalue weighted by Gasteiger charge is -2.38. The van der Waals surface area contributed by atoms with E-state index in [4.69, 9.17) is 17.3 Å². The molecule has 0 bridgehead atoms. The fourth-order valence-corrected chi connectivity index (χ4v) is 2.70. The Balaban J connectivity index is 0.00000144. The number of aliphatic hydroxyl groups is 1. The average molecular weight is 276 g/mol. The molecule has 0 amide bonds. The predicted molar refractivity (Wildman–Crippen MR) is 73.9 cm³/mol. The molecule has 0 unspecified atom stereocenters. The summed E-state index contributed by atoms with van der Waals surface area (Å²) in [6.45, 7) is 0.640. The lowest BCUT2D eigenvalue weighted by molar-refractivity contribution is 0.0974. The monoisotopic (exact) mass is 275 g/mol. The van der Waals surface area contributed by atoms with E-state index < -0.39 is 0 Å². The summed E-state index contributed by atoms with van der Waals surface area (Å²) in [6.07, 6.45) is 3.48. The van der Waals surface area contributed by atoms with Crippen LogP contribution in [0.15, 0.2) is 24.3 Å². The first-order valence-corrected chi connectivity index (χ1v) is 6.18. The maximum absolute atomic E-state index is 9.57. The summed E-state index contributed by atoms with van der Waals surface area (Å²) in [5.74, 6) is 0. The van der Waals surface area contributed by atoms with E-state index >= 15 is 0 Å². The number of halogens is 2. The molecule has 1 aliphatic rings. The summed E-state index contributed by atoms with van der Waals surface area (Å²) in [5, 5.41) is 10.3. The van der Waals surface area contributed by atoms with Crippen molar-refractivity contribution in [1.29, 1.82) is 0 Å². The minimum atomic E-state index is -0.146. The summed E-state index contributed by atoms with van der Waals surface area (Å²) in [4.78, 5) is 0. The average Bonchev–Trinajstić information content (AvgIpc) is 2.32. The van der Waals surface area contributed by atoms with Crippen LogP contribution >= 0.6 is 24.0 Å². The van der Waals surface area contributed by atoms with Gasteiger partial charge in [-0.1, -0.05) is 23.7 Å². The Hall–Kier alpha value is -0.280. The van der Waals surface area contributed by atoms with Gasteiger partial charge in [0, 0.05) is 17.0 Å². The van der Waals surface area contributed by atoms with E-state index in [0.717, 1.165) is 30.7 Å². The Morgan fingerprint density at radius 1 is 1.24 bits per heavy atom. The summed E-state index contributed by atoms with van der Waals surface area (Å²) < 4.78 is 0. The Morgan fingerprint density at radius 2 is 1.76 bits per heavy atom. The van der Waals surface area contributed by atoms with E-state index in [1.807, 2.05) is 12.1 Å². The van der Waals surface area contributed by atoms with E-state index in [1.165, 1.54) is 5.56 Å². The van der Waals surface area contributed by atoms with Crippen molar-refractivity contribution in [3.05, 3.63) is 34.9 Å². The maximum Gasteiger partial charge on any atom is 0.0541 e. The number of hydrogen-bond donors (Lipinski definition) is 2. The van der Waals surface area contributed by atoms with Gasteiger partial charge in [0.25, 0.3) is 0 Å². The van der Waals surface area contributed by atoms with Crippen LogP contribution in [0.5, 0.6) is 0 Å². The standard InChI is InChI=1S/C13H18ClNO.ClH/c14-11-3-1-10(2-4-11)13(9-15)7-5-12(16)6-8-13;/h1-4,12,16H,5-9,15H2;1H. The van der Waals surface area contributed by atoms with Crippen molar-refractivity contribution in [1.82, 2.24) is 0 Å². The molecule has 1 aliphatic carbocycles. The smallest absolute Gasteiger partial charge is 0.0541 e. The molecule has 0 aromatic heterocycles. The zero-order valence-corrected chi connectivity index (χ0v) is 11.3. The van der Waals surface area contributed by atoms with Gasteiger partial charge in [0.2, 0.25) is 0 Å². The molecule has 0 radical (unpaired) electrons. The Kier molecular flexibility index (Phi) is 5.26. The van der Waals surface area contributed by atoms with Gasteiger partial charge in [0.15, 0.2) is 0 Å². The minimum absolute atomic E-state index is 0. The normalized spacial score (nSPS) is 28.5. The zero-order chi connectivity index (χ0) is 11.6. The van der Waals surface area contributed by atoms with Gasteiger partial charge >= 0.3 is 0 Å². The highest BCUT2D eigenvalue weighted by Gasteiger charge is 2.35. The molecule has 0 aliphatic heterocycles. The fraction of sp³-hybridized carbons (Fsp3) is 0.538. The van der Waals surface area contributed by atoms with E-state index in [1.54, 1.807) is 0 Å². The Morgan fingerprint density at radius 3 is 2.24 bits per heavy atom. The van der Waals surface area contributed by atoms with Crippen molar-refractivity contribution in [3.8, 4) is 0 Å². The summed E-state index contributed by atoms with van der Waals surface area (Å²) in [5.41, 5.74) is 7.24. The predicted octanol–water partition coefficient (Wildman–Crippen LogP) is 2.89. The molecular weight excluding hydrogens is 257 g/mol. The maximum atomic E-state index is 9.57. The van der Waals surface area contributed by atoms with Gasteiger partial charge in [0.05, 0.1) is 6.10 Å². The minimum Gasteiger partial charge on any atom is -0.393 e. The molecule has 1 saturated carbocycles. The Labute approximate surface area is 114 Å². The lowest BCUT2D eigenvalue weighted by atomic mass is 9.69. The highest BCUT2D eigenvalue weighted by atomic mass is 35.5. The van der Waals surface area contributed by atoms with Gasteiger partial charge in [-0.05, 0) is 43.4 Å². The summed E-state index contributed by atoms with van der Waals surface area (Å²) in [6, 6.07) is 7.96. The quantitative estimate of drug-likeness (QED) is 0.872. The molecule has 1 aromatic rings. The van der Waals surface area contributed by atoms with Crippen molar-refractivity contribution in [2.24, 2.45) is 5.73 Å². The number of rotatable bonds is 2. The molecule has 3 N–H and O–H groups in total. The largest absolute Gasteiger partial charge is 0.393 e. The molecular formula is C13H19Cl2NO. The van der Waals surface area contributed by atoms with E-state index in [0.29, 0.717) is 6.54 Å². The number of nitrogens with two attached hydrogens (primary N) is 1. The van der Waals surface area contributed by atoms with Crippen molar-refractivity contribution in [2.75, 3.05) is 6.54 Å². The third-order valence-corrected chi connectivity index (χ3v) is 4.01. The third kappa shape index (κ3) is 3.14. The molecule has 0 spiro atoms. The van der Waals surface area contributed by atoms with Crippen LogP contribution in [0.3, 0.4) is 0 Å². The van der Waals surface area contributed by atoms with Gasteiger partial charge in [-0.15, -0.1) is 12.4 Å². The second kappa shape index (κ2) is 6.05. The van der Waals surface area contributed by atoms with Crippen LogP contribution in [0.2, 0.25) is 5.02 Å². The Bertz CT molecular complexity index is 345. The first kappa shape index (κ1) is 14.8. The van der Waals surface area contributed by atoms with Crippen LogP contribution in [0, 0.1) is 0 Å². The molecule has 96 valence electrons. The third-order valence-electron chi connectivity index (χ3n) is 3.76. The van der Waals surface area contributed by atoms with Crippen molar-refractivity contribution in [2.45, 2.75) is 37.2 Å². The summed E-state index contributed by atoms with van der Waals surface area (Å²) in [7, 11) is 0. The van der Waals surface area contributed by atoms with Crippen LogP contribution in [0.4, 0.5) is 0 Å². The van der Waals surface area contributed by atoms with E-state index in [-0.39, 0.29) is 23.9 Å². The molecule has 2 rings (SSSR count). The molecule has 0 heterocycles. The lowest BCUT2D eigenvalue weighted by Crippen LogP contribution is -2.40. The van der Waals surface area contributed by atoms with Crippen molar-refractivity contribution in [3.63, 3.8) is 0 Å². The topological polar surface area (TPSA) is 46.2 Å². The first-order chi connectivity index (χ1) is 7.66. The van der Waals surface area contributed by atoms with Crippen molar-refractivity contribution < 1.29 is 5.11 Å². The number of benzene rings is 1. The summed E-state index contributed by atoms with van der Waals surface area (Å²) >= 11 is 5.89. The molecule has 4 heteroatoms. The molecule has 0 atom stereocenters. The van der Waals surface area contributed by atoms with Crippen LogP contribution in [-0.4, -0.2) is 17.8 Å². The van der Waals surface area contributed by atoms with Crippen LogP contribution < -0.4 is 5.73 Å². The van der Waals surface area contributed by atoms with Crippen LogP contribution in [0.25, 0.3) is 0 Å². The van der Waals surface area contributed by atoms with Gasteiger partial charge in [-0.25, -0.2) is 0 Å². The van der Waals surface area contributed by atoms with E-state index in [2.05, 4.69) is 12.1 Å². The number of hydrogen-bond acceptors (Lipinski definition) is 2. The highest BCUT2D eigenvalue weighted by molar-refractivity contribution is 6.30. The second-order valence-electron chi connectivity index (χ2n) is 4.72. The first-order valence-electron chi connectivity index (χ1n) is 5.80. The van der Waals surface area contributed by atoms with Crippen molar-refractivity contribution >= 4 is 24.0 Å². The molecule has 1 fully saturated rings. The SMILES string of the molecule is Cl.NCC1(c2ccc(Cl)cc2)CCC(O)CC1. The second-order valence-corrected chi connectivity index (χ2v) is 5.16. The molecule has 2 nitrogen and oxygen atoms in total. The fourth-order valence-electron chi connectivity index (χ4n) is 2.57. The van der Waals surface area contributed by atoms with Gasteiger partial charge < -0.3 is 10.8 Å². The van der Waals surface area contributed by atoms with Crippen LogP contribution in [0.1, 0.15) is 31.2 Å². The highest BCUT2D eigenvalue weighted by Crippen LogP contribution is 2.38. The molecule has 0 saturated heterocycles. The molecule has 17 heavy (non-hydrogen) atoms. The van der Waals surface area contributed by atoms with Gasteiger partial charge in [-0.2, -0.15) is 0 Å². The van der Waals surface area contributed by atoms with Gasteiger partial charge in [0.1, 0.15) is 0 Å². The van der Waals surface area contributed by atoms with Crippen LogP contribution in [-0.2, 0) is 5.41 Å². The molecule has 1 aromatic carbocycles. The number of aliphatic hydroxyl groups excluding tert-OH is 1. The zero-order valence-electron chi connectivity index (χ0n) is 9.73.